The SMILES string of the molecule is CCOc1cscc1Cl. The second kappa shape index (κ2) is 3.08. The van der Waals surface area contributed by atoms with Crippen molar-refractivity contribution in [1.29, 1.82) is 0 Å². The predicted octanol–water partition coefficient (Wildman–Crippen LogP) is 2.80. The average Bonchev–Trinajstić information content (AvgIpc) is 2.18. The van der Waals surface area contributed by atoms with Crippen molar-refractivity contribution >= 4 is 22.9 Å². The van der Waals surface area contributed by atoms with Crippen LogP contribution >= 0.6 is 22.9 Å². The summed E-state index contributed by atoms with van der Waals surface area (Å²) in [4.78, 5) is 0. The maximum Gasteiger partial charge on any atom is 0.148 e. The summed E-state index contributed by atoms with van der Waals surface area (Å²) >= 11 is 7.25. The quantitative estimate of drug-likeness (QED) is 0.650. The highest BCUT2D eigenvalue weighted by molar-refractivity contribution is 7.08. The molecule has 0 aliphatic rings. The van der Waals surface area contributed by atoms with E-state index in [4.69, 9.17) is 16.3 Å². The summed E-state index contributed by atoms with van der Waals surface area (Å²) in [5.41, 5.74) is 0. The van der Waals surface area contributed by atoms with Gasteiger partial charge in [0.05, 0.1) is 11.6 Å². The van der Waals surface area contributed by atoms with Crippen LogP contribution in [0, 0.1) is 0 Å². The number of thiophene rings is 1. The Kier molecular flexibility index (Phi) is 2.37. The number of ether oxygens (including phenoxy) is 1. The molecule has 0 radical (unpaired) electrons. The van der Waals surface area contributed by atoms with Crippen LogP contribution in [0.4, 0.5) is 0 Å². The summed E-state index contributed by atoms with van der Waals surface area (Å²) < 4.78 is 5.16. The molecule has 0 spiro atoms. The minimum atomic E-state index is 0.677. The maximum absolute atomic E-state index is 5.70. The smallest absolute Gasteiger partial charge is 0.148 e. The van der Waals surface area contributed by atoms with Gasteiger partial charge in [-0.3, -0.25) is 0 Å². The minimum Gasteiger partial charge on any atom is -0.491 e. The molecule has 1 aromatic heterocycles. The molecule has 0 amide bonds. The van der Waals surface area contributed by atoms with E-state index in [2.05, 4.69) is 0 Å². The number of rotatable bonds is 2. The standard InChI is InChI=1S/C6H7ClOS/c1-2-8-6-4-9-3-5(6)7/h3-4H,2H2,1H3. The Morgan fingerprint density at radius 3 is 2.89 bits per heavy atom. The first-order valence-corrected chi connectivity index (χ1v) is 4.01. The molecule has 0 aromatic carbocycles. The molecule has 1 rings (SSSR count). The van der Waals surface area contributed by atoms with Crippen LogP contribution in [0.2, 0.25) is 5.02 Å². The fraction of sp³-hybridized carbons (Fsp3) is 0.333. The van der Waals surface area contributed by atoms with E-state index in [1.807, 2.05) is 17.7 Å². The molecule has 0 saturated carbocycles. The van der Waals surface area contributed by atoms with Crippen molar-refractivity contribution in [3.05, 3.63) is 15.8 Å². The van der Waals surface area contributed by atoms with Gasteiger partial charge < -0.3 is 4.74 Å². The van der Waals surface area contributed by atoms with Crippen LogP contribution in [0.5, 0.6) is 5.75 Å². The van der Waals surface area contributed by atoms with E-state index in [0.717, 1.165) is 5.75 Å². The molecule has 0 bridgehead atoms. The fourth-order valence-electron chi connectivity index (χ4n) is 0.528. The average molecular weight is 163 g/mol. The Bertz CT molecular complexity index is 185. The molecular weight excluding hydrogens is 156 g/mol. The lowest BCUT2D eigenvalue weighted by Gasteiger charge is -1.97. The summed E-state index contributed by atoms with van der Waals surface area (Å²) in [6.45, 7) is 2.62. The molecule has 50 valence electrons. The van der Waals surface area contributed by atoms with Crippen molar-refractivity contribution in [2.24, 2.45) is 0 Å². The van der Waals surface area contributed by atoms with Gasteiger partial charge in [-0.05, 0) is 6.92 Å². The lowest BCUT2D eigenvalue weighted by Crippen LogP contribution is -1.88. The van der Waals surface area contributed by atoms with E-state index in [9.17, 15) is 0 Å². The molecule has 0 saturated heterocycles. The zero-order chi connectivity index (χ0) is 6.69. The molecule has 1 aromatic rings. The van der Waals surface area contributed by atoms with E-state index < -0.39 is 0 Å². The molecule has 0 N–H and O–H groups in total. The van der Waals surface area contributed by atoms with Crippen LogP contribution in [-0.4, -0.2) is 6.61 Å². The lowest BCUT2D eigenvalue weighted by molar-refractivity contribution is 0.342. The first-order chi connectivity index (χ1) is 4.34. The van der Waals surface area contributed by atoms with Crippen molar-refractivity contribution in [2.75, 3.05) is 6.61 Å². The summed E-state index contributed by atoms with van der Waals surface area (Å²) in [7, 11) is 0. The minimum absolute atomic E-state index is 0.677. The van der Waals surface area contributed by atoms with Gasteiger partial charge in [-0.15, -0.1) is 11.3 Å². The van der Waals surface area contributed by atoms with Gasteiger partial charge in [0.2, 0.25) is 0 Å². The molecule has 0 fully saturated rings. The molecule has 0 unspecified atom stereocenters. The van der Waals surface area contributed by atoms with E-state index in [1.165, 1.54) is 0 Å². The number of halogens is 1. The van der Waals surface area contributed by atoms with Crippen LogP contribution in [0.15, 0.2) is 10.8 Å². The molecule has 1 nitrogen and oxygen atoms in total. The van der Waals surface area contributed by atoms with Crippen molar-refractivity contribution in [2.45, 2.75) is 6.92 Å². The first kappa shape index (κ1) is 6.90. The lowest BCUT2D eigenvalue weighted by atomic mass is 10.6. The summed E-state index contributed by atoms with van der Waals surface area (Å²) in [5.74, 6) is 0.796. The van der Waals surface area contributed by atoms with Gasteiger partial charge in [0, 0.05) is 10.8 Å². The molecule has 0 aliphatic heterocycles. The second-order valence-electron chi connectivity index (χ2n) is 1.52. The van der Waals surface area contributed by atoms with Gasteiger partial charge in [0.25, 0.3) is 0 Å². The predicted molar refractivity (Wildman–Crippen MR) is 40.5 cm³/mol. The zero-order valence-corrected chi connectivity index (χ0v) is 6.63. The second-order valence-corrected chi connectivity index (χ2v) is 2.67. The molecular formula is C6H7ClOS. The van der Waals surface area contributed by atoms with Gasteiger partial charge in [0.15, 0.2) is 0 Å². The van der Waals surface area contributed by atoms with Crippen molar-refractivity contribution < 1.29 is 4.74 Å². The summed E-state index contributed by atoms with van der Waals surface area (Å²) in [6.07, 6.45) is 0. The maximum atomic E-state index is 5.70. The van der Waals surface area contributed by atoms with E-state index in [0.29, 0.717) is 11.6 Å². The highest BCUT2D eigenvalue weighted by Crippen LogP contribution is 2.27. The van der Waals surface area contributed by atoms with E-state index >= 15 is 0 Å². The third-order valence-electron chi connectivity index (χ3n) is 0.882. The summed E-state index contributed by atoms with van der Waals surface area (Å²) in [5, 5.41) is 4.46. The molecule has 1 heterocycles. The van der Waals surface area contributed by atoms with Gasteiger partial charge in [-0.1, -0.05) is 11.6 Å². The van der Waals surface area contributed by atoms with E-state index in [-0.39, 0.29) is 0 Å². The monoisotopic (exact) mass is 162 g/mol. The van der Waals surface area contributed by atoms with Gasteiger partial charge >= 0.3 is 0 Å². The Morgan fingerprint density at radius 1 is 1.67 bits per heavy atom. The third kappa shape index (κ3) is 1.60. The Balaban J connectivity index is 2.69. The van der Waals surface area contributed by atoms with Crippen LogP contribution in [0.1, 0.15) is 6.92 Å². The van der Waals surface area contributed by atoms with Crippen molar-refractivity contribution in [3.63, 3.8) is 0 Å². The molecule has 9 heavy (non-hydrogen) atoms. The summed E-state index contributed by atoms with van der Waals surface area (Å²) in [6, 6.07) is 0. The third-order valence-corrected chi connectivity index (χ3v) is 2.03. The molecule has 3 heteroatoms. The van der Waals surface area contributed by atoms with Crippen LogP contribution in [0.3, 0.4) is 0 Å². The van der Waals surface area contributed by atoms with Gasteiger partial charge in [0.1, 0.15) is 5.75 Å². The largest absolute Gasteiger partial charge is 0.491 e. The van der Waals surface area contributed by atoms with Crippen LogP contribution in [0.25, 0.3) is 0 Å². The Labute approximate surface area is 63.2 Å². The van der Waals surface area contributed by atoms with Crippen LogP contribution < -0.4 is 4.74 Å². The highest BCUT2D eigenvalue weighted by atomic mass is 35.5. The van der Waals surface area contributed by atoms with Crippen LogP contribution in [-0.2, 0) is 0 Å². The van der Waals surface area contributed by atoms with Gasteiger partial charge in [-0.25, -0.2) is 0 Å². The number of hydrogen-bond donors (Lipinski definition) is 0. The van der Waals surface area contributed by atoms with Gasteiger partial charge in [-0.2, -0.15) is 0 Å². The molecule has 0 atom stereocenters. The van der Waals surface area contributed by atoms with Crippen molar-refractivity contribution in [1.82, 2.24) is 0 Å². The highest BCUT2D eigenvalue weighted by Gasteiger charge is 1.98. The molecule has 0 aliphatic carbocycles. The zero-order valence-electron chi connectivity index (χ0n) is 5.06. The Morgan fingerprint density at radius 2 is 2.44 bits per heavy atom. The van der Waals surface area contributed by atoms with E-state index in [1.54, 1.807) is 11.3 Å². The Hall–Kier alpha value is -0.210. The number of hydrogen-bond acceptors (Lipinski definition) is 2. The normalized spacial score (nSPS) is 9.56. The first-order valence-electron chi connectivity index (χ1n) is 2.69. The fourth-order valence-corrected chi connectivity index (χ4v) is 1.48. The topological polar surface area (TPSA) is 9.23 Å². The van der Waals surface area contributed by atoms with Crippen molar-refractivity contribution in [3.8, 4) is 5.75 Å².